The van der Waals surface area contributed by atoms with Crippen molar-refractivity contribution in [2.24, 2.45) is 0 Å². The average molecular weight is 306 g/mol. The molecule has 1 aliphatic heterocycles. The molecule has 0 atom stereocenters. The molecule has 2 heterocycles. The third kappa shape index (κ3) is 3.05. The molecule has 96 valence electrons. The van der Waals surface area contributed by atoms with E-state index in [2.05, 4.69) is 20.2 Å². The molecule has 0 amide bonds. The first-order valence-corrected chi connectivity index (χ1v) is 8.60. The predicted octanol–water partition coefficient (Wildman–Crippen LogP) is 3.45. The van der Waals surface area contributed by atoms with E-state index in [1.54, 1.807) is 34.9 Å². The highest BCUT2D eigenvalue weighted by Gasteiger charge is 2.10. The molecular weight excluding hydrogens is 296 g/mol. The molecule has 0 unspecified atom stereocenters. The van der Waals surface area contributed by atoms with Crippen molar-refractivity contribution in [2.45, 2.75) is 15.2 Å². The number of nitrogens with zero attached hydrogens (tertiary/aromatic N) is 4. The Bertz CT molecular complexity index is 624. The van der Waals surface area contributed by atoms with Crippen molar-refractivity contribution < 1.29 is 0 Å². The Hall–Kier alpha value is -1.18. The van der Waals surface area contributed by atoms with Crippen LogP contribution < -0.4 is 0 Å². The number of hydrogen-bond acceptors (Lipinski definition) is 7. The zero-order chi connectivity index (χ0) is 13.1. The van der Waals surface area contributed by atoms with Crippen LogP contribution in [0.15, 0.2) is 39.8 Å². The monoisotopic (exact) mass is 306 g/mol. The molecule has 0 saturated carbocycles. The highest BCUT2D eigenvalue weighted by molar-refractivity contribution is 8.00. The van der Waals surface area contributed by atoms with Crippen molar-refractivity contribution in [2.75, 3.05) is 6.26 Å². The SMILES string of the molecule is CSc1nnc(CSc2nc3cccccc-3n2)s1. The maximum absolute atomic E-state index is 4.50. The lowest BCUT2D eigenvalue weighted by Gasteiger charge is -1.90. The maximum atomic E-state index is 4.50. The Balaban J connectivity index is 1.73. The van der Waals surface area contributed by atoms with Gasteiger partial charge in [0.1, 0.15) is 5.01 Å². The topological polar surface area (TPSA) is 51.6 Å². The van der Waals surface area contributed by atoms with Gasteiger partial charge in [-0.2, -0.15) is 0 Å². The fourth-order valence-electron chi connectivity index (χ4n) is 1.52. The van der Waals surface area contributed by atoms with Gasteiger partial charge in [0.25, 0.3) is 0 Å². The Morgan fingerprint density at radius 1 is 1.05 bits per heavy atom. The van der Waals surface area contributed by atoms with E-state index < -0.39 is 0 Å². The van der Waals surface area contributed by atoms with Crippen molar-refractivity contribution in [1.82, 2.24) is 20.2 Å². The summed E-state index contributed by atoms with van der Waals surface area (Å²) < 4.78 is 0.996. The van der Waals surface area contributed by atoms with Gasteiger partial charge in [-0.05, 0) is 18.4 Å². The van der Waals surface area contributed by atoms with E-state index in [0.29, 0.717) is 0 Å². The molecule has 0 radical (unpaired) electrons. The van der Waals surface area contributed by atoms with Gasteiger partial charge in [-0.3, -0.25) is 0 Å². The van der Waals surface area contributed by atoms with E-state index in [1.165, 1.54) is 0 Å². The molecule has 0 fully saturated rings. The predicted molar refractivity (Wildman–Crippen MR) is 79.9 cm³/mol. The van der Waals surface area contributed by atoms with E-state index in [1.807, 2.05) is 36.6 Å². The van der Waals surface area contributed by atoms with Crippen LogP contribution in [0.5, 0.6) is 0 Å². The van der Waals surface area contributed by atoms with E-state index in [9.17, 15) is 0 Å². The first kappa shape index (κ1) is 12.8. The highest BCUT2D eigenvalue weighted by atomic mass is 32.2. The van der Waals surface area contributed by atoms with E-state index in [4.69, 9.17) is 0 Å². The summed E-state index contributed by atoms with van der Waals surface area (Å²) in [5.41, 5.74) is 1.85. The third-order valence-corrected chi connectivity index (χ3v) is 5.31. The van der Waals surface area contributed by atoms with Crippen LogP contribution in [0.3, 0.4) is 0 Å². The maximum Gasteiger partial charge on any atom is 0.189 e. The second kappa shape index (κ2) is 5.85. The molecular formula is C12H10N4S3. The standard InChI is InChI=1S/C12H10N4S3/c1-17-12-16-15-10(19-12)7-18-11-13-8-5-3-2-4-6-9(8)14-11/h2-6H,7H2,1H3. The van der Waals surface area contributed by atoms with Gasteiger partial charge in [0, 0.05) is 0 Å². The molecule has 0 bridgehead atoms. The van der Waals surface area contributed by atoms with Crippen molar-refractivity contribution in [3.05, 3.63) is 35.3 Å². The van der Waals surface area contributed by atoms with Crippen molar-refractivity contribution >= 4 is 34.9 Å². The molecule has 0 spiro atoms. The number of imidazole rings is 1. The van der Waals surface area contributed by atoms with Crippen LogP contribution in [-0.4, -0.2) is 26.4 Å². The Morgan fingerprint density at radius 3 is 2.42 bits per heavy atom. The molecule has 0 saturated heterocycles. The summed E-state index contributed by atoms with van der Waals surface area (Å²) in [6.45, 7) is 0. The molecule has 1 aliphatic carbocycles. The largest absolute Gasteiger partial charge is 0.221 e. The van der Waals surface area contributed by atoms with Gasteiger partial charge in [0.2, 0.25) is 0 Å². The number of fused-ring (bicyclic) bond motifs is 1. The van der Waals surface area contributed by atoms with Crippen molar-refractivity contribution in [3.8, 4) is 11.4 Å². The lowest BCUT2D eigenvalue weighted by atomic mass is 10.3. The van der Waals surface area contributed by atoms with Crippen LogP contribution in [0, 0.1) is 0 Å². The summed E-state index contributed by atoms with van der Waals surface area (Å²) in [6, 6.07) is 9.87. The Morgan fingerprint density at radius 2 is 1.79 bits per heavy atom. The fourth-order valence-corrected chi connectivity index (χ4v) is 3.68. The van der Waals surface area contributed by atoms with Crippen LogP contribution in [0.1, 0.15) is 5.01 Å². The summed E-state index contributed by atoms with van der Waals surface area (Å²) >= 11 is 4.84. The van der Waals surface area contributed by atoms with Crippen molar-refractivity contribution in [3.63, 3.8) is 0 Å². The summed E-state index contributed by atoms with van der Waals surface area (Å²) in [6.07, 6.45) is 2.00. The molecule has 3 rings (SSSR count). The van der Waals surface area contributed by atoms with Crippen molar-refractivity contribution in [1.29, 1.82) is 0 Å². The highest BCUT2D eigenvalue weighted by Crippen LogP contribution is 2.28. The fraction of sp³-hybridized carbons (Fsp3) is 0.167. The molecule has 1 aromatic heterocycles. The second-order valence-electron chi connectivity index (χ2n) is 3.64. The summed E-state index contributed by atoms with van der Waals surface area (Å²) in [4.78, 5) is 9.00. The van der Waals surface area contributed by atoms with Crippen LogP contribution in [0.25, 0.3) is 11.4 Å². The molecule has 7 heteroatoms. The molecule has 19 heavy (non-hydrogen) atoms. The van der Waals surface area contributed by atoms with Crippen LogP contribution in [0.4, 0.5) is 0 Å². The number of hydrogen-bond donors (Lipinski definition) is 0. The minimum absolute atomic E-state index is 0.765. The van der Waals surface area contributed by atoms with Gasteiger partial charge in [0.15, 0.2) is 9.50 Å². The van der Waals surface area contributed by atoms with Gasteiger partial charge in [-0.1, -0.05) is 53.1 Å². The first-order chi connectivity index (χ1) is 9.35. The molecule has 2 aliphatic rings. The lowest BCUT2D eigenvalue weighted by molar-refractivity contribution is 0.977. The Labute approximate surface area is 123 Å². The quantitative estimate of drug-likeness (QED) is 0.688. The van der Waals surface area contributed by atoms with Gasteiger partial charge in [0.05, 0.1) is 17.1 Å². The van der Waals surface area contributed by atoms with Gasteiger partial charge in [-0.25, -0.2) is 9.97 Å². The zero-order valence-electron chi connectivity index (χ0n) is 10.1. The molecule has 4 nitrogen and oxygen atoms in total. The first-order valence-electron chi connectivity index (χ1n) is 5.57. The van der Waals surface area contributed by atoms with Crippen LogP contribution in [0.2, 0.25) is 0 Å². The summed E-state index contributed by atoms with van der Waals surface area (Å²) in [5.74, 6) is 0.765. The minimum atomic E-state index is 0.765. The lowest BCUT2D eigenvalue weighted by Crippen LogP contribution is -1.80. The van der Waals surface area contributed by atoms with E-state index in [0.717, 1.165) is 31.6 Å². The smallest absolute Gasteiger partial charge is 0.189 e. The average Bonchev–Trinajstić information content (AvgIpc) is 2.98. The van der Waals surface area contributed by atoms with Crippen LogP contribution in [-0.2, 0) is 5.75 Å². The zero-order valence-corrected chi connectivity index (χ0v) is 12.6. The summed E-state index contributed by atoms with van der Waals surface area (Å²) in [7, 11) is 0. The Kier molecular flexibility index (Phi) is 3.95. The van der Waals surface area contributed by atoms with Gasteiger partial charge < -0.3 is 0 Å². The van der Waals surface area contributed by atoms with Gasteiger partial charge >= 0.3 is 0 Å². The summed E-state index contributed by atoms with van der Waals surface area (Å²) in [5, 5.41) is 10.0. The van der Waals surface area contributed by atoms with Gasteiger partial charge in [-0.15, -0.1) is 10.2 Å². The van der Waals surface area contributed by atoms with Crippen LogP contribution >= 0.6 is 34.9 Å². The molecule has 1 aromatic rings. The number of rotatable bonds is 4. The number of thioether (sulfide) groups is 2. The molecule has 0 aromatic carbocycles. The normalized spacial score (nSPS) is 11.0. The minimum Gasteiger partial charge on any atom is -0.221 e. The molecule has 0 N–H and O–H groups in total. The van der Waals surface area contributed by atoms with E-state index in [-0.39, 0.29) is 0 Å². The third-order valence-electron chi connectivity index (χ3n) is 2.37. The second-order valence-corrected chi connectivity index (χ2v) is 6.70. The number of aromatic nitrogens is 4. The van der Waals surface area contributed by atoms with E-state index >= 15 is 0 Å².